The molecule has 2 aliphatic carbocycles. The van der Waals surface area contributed by atoms with Gasteiger partial charge in [-0.25, -0.2) is 9.18 Å². The standard InChI is InChI=1S/C25H26FN5O3/c1-25(2,3)34-24(33)28-20-9-14(18-12-27-7-6-16(18)13-4-5-13)8-15-10-21(30-31-22(15)20)29-23(32)17-11-19(17)26/h6-10,12-13,17,19H,4-5,11H2,1-3H3,(H,28,33)(H,29,30,32)/t17-,19+/m1/s1. The van der Waals surface area contributed by atoms with E-state index in [1.165, 1.54) is 5.56 Å². The average molecular weight is 464 g/mol. The molecule has 8 nitrogen and oxygen atoms in total. The van der Waals surface area contributed by atoms with Gasteiger partial charge in [0.25, 0.3) is 0 Å². The molecule has 2 fully saturated rings. The topological polar surface area (TPSA) is 106 Å². The van der Waals surface area contributed by atoms with E-state index in [0.29, 0.717) is 22.5 Å². The lowest BCUT2D eigenvalue weighted by Gasteiger charge is -2.20. The molecule has 2 aliphatic rings. The molecule has 176 valence electrons. The van der Waals surface area contributed by atoms with Crippen LogP contribution in [0.1, 0.15) is 51.5 Å². The number of benzene rings is 1. The molecule has 2 aromatic heterocycles. The summed E-state index contributed by atoms with van der Waals surface area (Å²) in [6, 6.07) is 7.46. The van der Waals surface area contributed by atoms with Crippen LogP contribution in [0.5, 0.6) is 0 Å². The molecule has 0 radical (unpaired) electrons. The zero-order chi connectivity index (χ0) is 24.0. The van der Waals surface area contributed by atoms with Crippen LogP contribution >= 0.6 is 0 Å². The summed E-state index contributed by atoms with van der Waals surface area (Å²) in [6.45, 7) is 5.36. The number of carbonyl (C=O) groups excluding carboxylic acids is 2. The number of nitrogens with one attached hydrogen (secondary N) is 2. The zero-order valence-electron chi connectivity index (χ0n) is 19.3. The summed E-state index contributed by atoms with van der Waals surface area (Å²) in [7, 11) is 0. The molecule has 3 aromatic rings. The quantitative estimate of drug-likeness (QED) is 0.538. The van der Waals surface area contributed by atoms with Gasteiger partial charge in [-0.15, -0.1) is 10.2 Å². The van der Waals surface area contributed by atoms with Gasteiger partial charge < -0.3 is 10.1 Å². The highest BCUT2D eigenvalue weighted by Crippen LogP contribution is 2.45. The fourth-order valence-electron chi connectivity index (χ4n) is 3.94. The highest BCUT2D eigenvalue weighted by Gasteiger charge is 2.43. The highest BCUT2D eigenvalue weighted by molar-refractivity contribution is 6.02. The third-order valence-electron chi connectivity index (χ3n) is 5.81. The minimum atomic E-state index is -1.10. The third kappa shape index (κ3) is 4.83. The molecule has 2 saturated carbocycles. The van der Waals surface area contributed by atoms with Gasteiger partial charge in [-0.1, -0.05) is 0 Å². The van der Waals surface area contributed by atoms with Crippen molar-refractivity contribution < 1.29 is 18.7 Å². The van der Waals surface area contributed by atoms with Crippen LogP contribution in [0.15, 0.2) is 36.7 Å². The fraction of sp³-hybridized carbons (Fsp3) is 0.400. The number of halogens is 1. The first-order valence-electron chi connectivity index (χ1n) is 11.4. The van der Waals surface area contributed by atoms with Crippen molar-refractivity contribution in [2.75, 3.05) is 10.6 Å². The van der Waals surface area contributed by atoms with E-state index in [9.17, 15) is 14.0 Å². The molecule has 2 N–H and O–H groups in total. The molecule has 1 aromatic carbocycles. The van der Waals surface area contributed by atoms with Gasteiger partial charge in [-0.3, -0.25) is 15.1 Å². The van der Waals surface area contributed by atoms with Crippen LogP contribution in [0.25, 0.3) is 22.0 Å². The second-order valence-electron chi connectivity index (χ2n) is 9.90. The minimum absolute atomic E-state index is 0.227. The molecule has 5 rings (SSSR count). The van der Waals surface area contributed by atoms with E-state index < -0.39 is 29.7 Å². The molecule has 2 atom stereocenters. The Balaban J connectivity index is 1.55. The Hall–Kier alpha value is -3.62. The van der Waals surface area contributed by atoms with Crippen molar-refractivity contribution in [3.8, 4) is 11.1 Å². The Bertz CT molecular complexity index is 1290. The zero-order valence-corrected chi connectivity index (χ0v) is 19.3. The Kier molecular flexibility index (Phi) is 5.42. The van der Waals surface area contributed by atoms with Gasteiger partial charge in [0, 0.05) is 23.3 Å². The number of rotatable bonds is 5. The monoisotopic (exact) mass is 463 g/mol. The molecular weight excluding hydrogens is 437 g/mol. The number of anilines is 2. The van der Waals surface area contributed by atoms with Gasteiger partial charge in [-0.2, -0.15) is 0 Å². The Labute approximate surface area is 196 Å². The van der Waals surface area contributed by atoms with E-state index in [1.54, 1.807) is 33.0 Å². The lowest BCUT2D eigenvalue weighted by molar-refractivity contribution is -0.117. The first kappa shape index (κ1) is 22.2. The fourth-order valence-corrected chi connectivity index (χ4v) is 3.94. The molecular formula is C25H26FN5O3. The largest absolute Gasteiger partial charge is 0.444 e. The van der Waals surface area contributed by atoms with Gasteiger partial charge in [0.05, 0.1) is 11.6 Å². The Morgan fingerprint density at radius 2 is 1.88 bits per heavy atom. The molecule has 2 heterocycles. The summed E-state index contributed by atoms with van der Waals surface area (Å²) in [6.07, 6.45) is 4.38. The summed E-state index contributed by atoms with van der Waals surface area (Å²) in [5.41, 5.74) is 3.24. The number of hydrogen-bond donors (Lipinski definition) is 2. The lowest BCUT2D eigenvalue weighted by Crippen LogP contribution is -2.27. The molecule has 34 heavy (non-hydrogen) atoms. The van der Waals surface area contributed by atoms with Crippen molar-refractivity contribution in [1.29, 1.82) is 0 Å². The number of carbonyl (C=O) groups is 2. The van der Waals surface area contributed by atoms with Crippen LogP contribution in [0.4, 0.5) is 20.7 Å². The number of nitrogens with zero attached hydrogens (tertiary/aromatic N) is 3. The molecule has 0 aliphatic heterocycles. The highest BCUT2D eigenvalue weighted by atomic mass is 19.1. The number of hydrogen-bond acceptors (Lipinski definition) is 6. The van der Waals surface area contributed by atoms with Gasteiger partial charge in [-0.05, 0) is 81.3 Å². The van der Waals surface area contributed by atoms with Gasteiger partial charge in [0.1, 0.15) is 17.3 Å². The van der Waals surface area contributed by atoms with Crippen LogP contribution in [-0.2, 0) is 9.53 Å². The Morgan fingerprint density at radius 1 is 1.12 bits per heavy atom. The van der Waals surface area contributed by atoms with Crippen LogP contribution in [0.2, 0.25) is 0 Å². The average Bonchev–Trinajstić information content (AvgIpc) is 3.68. The number of amides is 2. The molecule has 0 saturated heterocycles. The smallest absolute Gasteiger partial charge is 0.412 e. The van der Waals surface area contributed by atoms with Gasteiger partial charge in [0.2, 0.25) is 5.91 Å². The van der Waals surface area contributed by atoms with Crippen molar-refractivity contribution in [3.05, 3.63) is 42.2 Å². The van der Waals surface area contributed by atoms with Gasteiger partial charge in [0.15, 0.2) is 5.82 Å². The summed E-state index contributed by atoms with van der Waals surface area (Å²) in [5.74, 6) is -0.323. The second kappa shape index (κ2) is 8.30. The number of aromatic nitrogens is 3. The summed E-state index contributed by atoms with van der Waals surface area (Å²) < 4.78 is 18.7. The van der Waals surface area contributed by atoms with Crippen molar-refractivity contribution in [3.63, 3.8) is 0 Å². The maximum Gasteiger partial charge on any atom is 0.412 e. The van der Waals surface area contributed by atoms with Gasteiger partial charge >= 0.3 is 6.09 Å². The van der Waals surface area contributed by atoms with E-state index >= 15 is 0 Å². The van der Waals surface area contributed by atoms with Crippen LogP contribution < -0.4 is 10.6 Å². The second-order valence-corrected chi connectivity index (χ2v) is 9.90. The van der Waals surface area contributed by atoms with Crippen molar-refractivity contribution in [2.24, 2.45) is 5.92 Å². The van der Waals surface area contributed by atoms with Crippen molar-refractivity contribution >= 4 is 34.4 Å². The van der Waals surface area contributed by atoms with E-state index in [2.05, 4.69) is 25.8 Å². The molecule has 0 spiro atoms. The van der Waals surface area contributed by atoms with Crippen molar-refractivity contribution in [2.45, 2.75) is 57.7 Å². The summed E-state index contributed by atoms with van der Waals surface area (Å²) in [5, 5.41) is 14.4. The SMILES string of the molecule is CC(C)(C)OC(=O)Nc1cc(-c2cnccc2C2CC2)cc2cc(NC(=O)[C@@H]3C[C@@H]3F)nnc12. The number of pyridine rings is 1. The number of ether oxygens (including phenoxy) is 1. The normalized spacial score (nSPS) is 19.5. The van der Waals surface area contributed by atoms with E-state index in [0.717, 1.165) is 24.0 Å². The van der Waals surface area contributed by atoms with E-state index in [-0.39, 0.29) is 12.2 Å². The molecule has 2 amide bonds. The van der Waals surface area contributed by atoms with Crippen LogP contribution in [0, 0.1) is 5.92 Å². The third-order valence-corrected chi connectivity index (χ3v) is 5.81. The van der Waals surface area contributed by atoms with Crippen LogP contribution in [0.3, 0.4) is 0 Å². The number of fused-ring (bicyclic) bond motifs is 1. The number of alkyl halides is 1. The lowest BCUT2D eigenvalue weighted by atomic mass is 9.97. The van der Waals surface area contributed by atoms with E-state index in [1.807, 2.05) is 24.4 Å². The van der Waals surface area contributed by atoms with Crippen molar-refractivity contribution in [1.82, 2.24) is 15.2 Å². The predicted octanol–water partition coefficient (Wildman–Crippen LogP) is 5.21. The molecule has 0 bridgehead atoms. The minimum Gasteiger partial charge on any atom is -0.444 e. The van der Waals surface area contributed by atoms with Crippen LogP contribution in [-0.4, -0.2) is 39.0 Å². The van der Waals surface area contributed by atoms with E-state index in [4.69, 9.17) is 4.74 Å². The Morgan fingerprint density at radius 3 is 2.56 bits per heavy atom. The summed E-state index contributed by atoms with van der Waals surface area (Å²) >= 11 is 0. The maximum absolute atomic E-state index is 13.3. The molecule has 0 unspecified atom stereocenters. The maximum atomic E-state index is 13.3. The predicted molar refractivity (Wildman–Crippen MR) is 126 cm³/mol. The first-order valence-corrected chi connectivity index (χ1v) is 11.4. The molecule has 9 heteroatoms. The first-order chi connectivity index (χ1) is 16.2. The summed E-state index contributed by atoms with van der Waals surface area (Å²) in [4.78, 5) is 29.0.